The van der Waals surface area contributed by atoms with Crippen LogP contribution in [0.2, 0.25) is 0 Å². The number of anilines is 3. The summed E-state index contributed by atoms with van der Waals surface area (Å²) in [6.07, 6.45) is 0. The van der Waals surface area contributed by atoms with Gasteiger partial charge in [0.05, 0.1) is 27.8 Å². The van der Waals surface area contributed by atoms with Crippen LogP contribution in [0.3, 0.4) is 0 Å². The van der Waals surface area contributed by atoms with Crippen molar-refractivity contribution < 1.29 is 0 Å². The fourth-order valence-electron chi connectivity index (χ4n) is 9.62. The number of benzene rings is 10. The van der Waals surface area contributed by atoms with Gasteiger partial charge in [-0.1, -0.05) is 190 Å². The molecule has 0 radical (unpaired) electrons. The first kappa shape index (κ1) is 40.4. The van der Waals surface area contributed by atoms with E-state index in [4.69, 9.17) is 0 Å². The van der Waals surface area contributed by atoms with Crippen LogP contribution >= 0.6 is 0 Å². The largest absolute Gasteiger partial charge is 0.310 e. The molecule has 0 amide bonds. The van der Waals surface area contributed by atoms with E-state index in [9.17, 15) is 0 Å². The van der Waals surface area contributed by atoms with Gasteiger partial charge >= 0.3 is 0 Å². The third-order valence-electron chi connectivity index (χ3n) is 12.8. The molecule has 2 aromatic heterocycles. The molecule has 0 bridgehead atoms. The number of fused-ring (bicyclic) bond motifs is 7. The molecular formula is C63H49N3. The van der Waals surface area contributed by atoms with Gasteiger partial charge < -0.3 is 14.0 Å². The predicted octanol–water partition coefficient (Wildman–Crippen LogP) is 17.5. The number of para-hydroxylation sites is 4. The van der Waals surface area contributed by atoms with Crippen LogP contribution in [-0.2, 0) is 0 Å². The van der Waals surface area contributed by atoms with Crippen molar-refractivity contribution in [2.75, 3.05) is 4.90 Å². The van der Waals surface area contributed by atoms with Crippen LogP contribution in [0, 0.1) is 0 Å². The highest BCUT2D eigenvalue weighted by atomic mass is 15.1. The van der Waals surface area contributed by atoms with Crippen LogP contribution in [0.25, 0.3) is 77.2 Å². The van der Waals surface area contributed by atoms with Crippen molar-refractivity contribution in [2.24, 2.45) is 0 Å². The second-order valence-corrected chi connectivity index (χ2v) is 17.1. The molecule has 3 nitrogen and oxygen atoms in total. The summed E-state index contributed by atoms with van der Waals surface area (Å²) in [6, 6.07) is 91.5. The summed E-state index contributed by atoms with van der Waals surface area (Å²) in [7, 11) is 0. The Morgan fingerprint density at radius 1 is 0.348 bits per heavy atom. The molecule has 0 saturated carbocycles. The first-order chi connectivity index (χ1) is 32.6. The van der Waals surface area contributed by atoms with Crippen LogP contribution in [0.5, 0.6) is 0 Å². The zero-order chi connectivity index (χ0) is 44.4. The van der Waals surface area contributed by atoms with E-state index in [2.05, 4.69) is 277 Å². The fraction of sp³-hybridized carbons (Fsp3) is 0.0476. The maximum absolute atomic E-state index is 2.47. The van der Waals surface area contributed by atoms with Crippen molar-refractivity contribution in [2.45, 2.75) is 19.8 Å². The smallest absolute Gasteiger partial charge is 0.0641 e. The van der Waals surface area contributed by atoms with Crippen molar-refractivity contribution in [3.63, 3.8) is 0 Å². The lowest BCUT2D eigenvalue weighted by Gasteiger charge is -2.28. The third-order valence-corrected chi connectivity index (χ3v) is 12.8. The van der Waals surface area contributed by atoms with Crippen molar-refractivity contribution in [1.82, 2.24) is 9.13 Å². The van der Waals surface area contributed by atoms with E-state index in [0.29, 0.717) is 5.92 Å². The summed E-state index contributed by atoms with van der Waals surface area (Å²) in [4.78, 5) is 2.39. The van der Waals surface area contributed by atoms with Gasteiger partial charge in [0.15, 0.2) is 0 Å². The number of nitrogens with zero attached hydrogens (tertiary/aromatic N) is 3. The molecule has 3 heteroatoms. The number of aromatic nitrogens is 2. The minimum Gasteiger partial charge on any atom is -0.310 e. The fourth-order valence-corrected chi connectivity index (χ4v) is 9.62. The Morgan fingerprint density at radius 2 is 0.864 bits per heavy atom. The lowest BCUT2D eigenvalue weighted by Crippen LogP contribution is -2.11. The van der Waals surface area contributed by atoms with E-state index < -0.39 is 0 Å². The van der Waals surface area contributed by atoms with Crippen LogP contribution in [-0.4, -0.2) is 9.13 Å². The van der Waals surface area contributed by atoms with E-state index in [0.717, 1.165) is 28.4 Å². The van der Waals surface area contributed by atoms with Gasteiger partial charge in [-0.05, 0) is 107 Å². The summed E-state index contributed by atoms with van der Waals surface area (Å²) in [5.74, 6) is 0.659. The molecule has 316 valence electrons. The molecular weight excluding hydrogens is 799 g/mol. The van der Waals surface area contributed by atoms with Gasteiger partial charge in [-0.2, -0.15) is 0 Å². The van der Waals surface area contributed by atoms with Gasteiger partial charge in [-0.3, -0.25) is 0 Å². The SMILES string of the molecule is CC(C)c1ccccc1.c1ccc(-c2ccc(N(c3ccccc3)c3ccc(-n4c5ccccc5c5ccc6c(c7ccccc7n6-c6ccccc6)c54)cc3)c(-c3ccccc3)c2)cc1. The first-order valence-electron chi connectivity index (χ1n) is 22.9. The molecule has 0 saturated heterocycles. The Balaban J connectivity index is 0.000000481. The molecule has 66 heavy (non-hydrogen) atoms. The summed E-state index contributed by atoms with van der Waals surface area (Å²) >= 11 is 0. The maximum atomic E-state index is 2.47. The minimum atomic E-state index is 0.659. The highest BCUT2D eigenvalue weighted by Crippen LogP contribution is 2.45. The molecule has 0 atom stereocenters. The lowest BCUT2D eigenvalue weighted by atomic mass is 9.96. The van der Waals surface area contributed by atoms with E-state index in [1.807, 2.05) is 6.07 Å². The average molecular weight is 848 g/mol. The standard InChI is InChI=1S/C54H37N3.C9H12/c1-5-17-38(18-6-1)40-29-35-51(48(37-40)39-19-7-2-8-20-39)55(41-21-9-3-10-22-41)43-30-32-44(33-31-43)57-49-27-15-13-25-45(49)46-34-36-52-53(54(46)57)47-26-14-16-28-50(47)56(52)42-23-11-4-12-24-42;1-8(2)9-6-4-3-5-7-9/h1-37H;3-8H,1-2H3. The topological polar surface area (TPSA) is 13.1 Å². The summed E-state index contributed by atoms with van der Waals surface area (Å²) in [5, 5.41) is 4.98. The second-order valence-electron chi connectivity index (χ2n) is 17.1. The number of rotatable bonds is 8. The van der Waals surface area contributed by atoms with Gasteiger partial charge in [0, 0.05) is 49.9 Å². The molecule has 12 aromatic rings. The van der Waals surface area contributed by atoms with Crippen LogP contribution in [0.4, 0.5) is 17.1 Å². The summed E-state index contributed by atoms with van der Waals surface area (Å²) < 4.78 is 4.87. The zero-order valence-corrected chi connectivity index (χ0v) is 37.2. The minimum absolute atomic E-state index is 0.659. The molecule has 12 rings (SSSR count). The Labute approximate surface area is 386 Å². The lowest BCUT2D eigenvalue weighted by molar-refractivity contribution is 0.867. The van der Waals surface area contributed by atoms with Crippen LogP contribution < -0.4 is 4.90 Å². The van der Waals surface area contributed by atoms with Crippen molar-refractivity contribution in [1.29, 1.82) is 0 Å². The third kappa shape index (κ3) is 7.41. The number of hydrogen-bond donors (Lipinski definition) is 0. The molecule has 10 aromatic carbocycles. The van der Waals surface area contributed by atoms with E-state index in [1.165, 1.54) is 71.4 Å². The zero-order valence-electron chi connectivity index (χ0n) is 37.2. The van der Waals surface area contributed by atoms with E-state index in [-0.39, 0.29) is 0 Å². The van der Waals surface area contributed by atoms with Gasteiger partial charge in [0.1, 0.15) is 0 Å². The summed E-state index contributed by atoms with van der Waals surface area (Å²) in [5.41, 5.74) is 16.5. The number of hydrogen-bond acceptors (Lipinski definition) is 1. The summed E-state index contributed by atoms with van der Waals surface area (Å²) in [6.45, 7) is 4.41. The highest BCUT2D eigenvalue weighted by molar-refractivity contribution is 6.26. The Kier molecular flexibility index (Phi) is 10.8. The molecule has 0 N–H and O–H groups in total. The molecule has 2 heterocycles. The Bertz CT molecular complexity index is 3570. The van der Waals surface area contributed by atoms with Gasteiger partial charge in [0.2, 0.25) is 0 Å². The van der Waals surface area contributed by atoms with Gasteiger partial charge in [-0.25, -0.2) is 0 Å². The monoisotopic (exact) mass is 847 g/mol. The quantitative estimate of drug-likeness (QED) is 0.148. The molecule has 0 aliphatic heterocycles. The average Bonchev–Trinajstić information content (AvgIpc) is 3.91. The van der Waals surface area contributed by atoms with Crippen molar-refractivity contribution >= 4 is 60.7 Å². The molecule has 0 fully saturated rings. The van der Waals surface area contributed by atoms with Gasteiger partial charge in [0.25, 0.3) is 0 Å². The van der Waals surface area contributed by atoms with E-state index >= 15 is 0 Å². The highest BCUT2D eigenvalue weighted by Gasteiger charge is 2.22. The molecule has 0 aliphatic carbocycles. The molecule has 0 unspecified atom stereocenters. The maximum Gasteiger partial charge on any atom is 0.0641 e. The normalized spacial score (nSPS) is 11.3. The molecule has 0 aliphatic rings. The predicted molar refractivity (Wildman–Crippen MR) is 281 cm³/mol. The second kappa shape index (κ2) is 17.6. The van der Waals surface area contributed by atoms with Crippen molar-refractivity contribution in [3.8, 4) is 33.6 Å². The first-order valence-corrected chi connectivity index (χ1v) is 22.9. The van der Waals surface area contributed by atoms with Crippen LogP contribution in [0.1, 0.15) is 25.3 Å². The Morgan fingerprint density at radius 3 is 1.50 bits per heavy atom. The van der Waals surface area contributed by atoms with Crippen molar-refractivity contribution in [3.05, 3.63) is 260 Å². The van der Waals surface area contributed by atoms with Crippen LogP contribution in [0.15, 0.2) is 255 Å². The van der Waals surface area contributed by atoms with Gasteiger partial charge in [-0.15, -0.1) is 0 Å². The Hall–Kier alpha value is -8.40. The molecule has 0 spiro atoms. The van der Waals surface area contributed by atoms with E-state index in [1.54, 1.807) is 0 Å².